The van der Waals surface area contributed by atoms with Gasteiger partial charge in [-0.3, -0.25) is 4.79 Å². The number of benzene rings is 1. The summed E-state index contributed by atoms with van der Waals surface area (Å²) in [5.74, 6) is 0.185. The molecule has 0 aromatic heterocycles. The fourth-order valence-electron chi connectivity index (χ4n) is 3.30. The Morgan fingerprint density at radius 3 is 2.95 bits per heavy atom. The number of nitrogens with one attached hydrogen (secondary N) is 2. The summed E-state index contributed by atoms with van der Waals surface area (Å²) in [7, 11) is 0. The van der Waals surface area contributed by atoms with E-state index in [1.54, 1.807) is 0 Å². The normalized spacial score (nSPS) is 28.6. The molecule has 0 radical (unpaired) electrons. The summed E-state index contributed by atoms with van der Waals surface area (Å²) in [6.07, 6.45) is 3.89. The molecule has 20 heavy (non-hydrogen) atoms. The molecule has 108 valence electrons. The summed E-state index contributed by atoms with van der Waals surface area (Å²) in [5, 5.41) is 16.2. The molecule has 1 aromatic rings. The summed E-state index contributed by atoms with van der Waals surface area (Å²) < 4.78 is 0. The van der Waals surface area contributed by atoms with Gasteiger partial charge < -0.3 is 15.7 Å². The van der Waals surface area contributed by atoms with Crippen molar-refractivity contribution in [3.8, 4) is 0 Å². The van der Waals surface area contributed by atoms with Gasteiger partial charge >= 0.3 is 0 Å². The molecule has 1 saturated carbocycles. The molecule has 4 heteroatoms. The average molecular weight is 274 g/mol. The highest BCUT2D eigenvalue weighted by atomic mass is 16.3. The molecule has 2 aliphatic rings. The Labute approximate surface area is 119 Å². The molecule has 3 unspecified atom stereocenters. The van der Waals surface area contributed by atoms with Crippen LogP contribution in [0.1, 0.15) is 37.2 Å². The molecule has 1 amide bonds. The largest absolute Gasteiger partial charge is 0.393 e. The first-order valence-electron chi connectivity index (χ1n) is 7.54. The van der Waals surface area contributed by atoms with Gasteiger partial charge in [0.15, 0.2) is 0 Å². The maximum atomic E-state index is 12.3. The van der Waals surface area contributed by atoms with Crippen LogP contribution in [0, 0.1) is 5.92 Å². The van der Waals surface area contributed by atoms with Crippen molar-refractivity contribution in [2.45, 2.75) is 37.7 Å². The Morgan fingerprint density at radius 1 is 1.30 bits per heavy atom. The maximum absolute atomic E-state index is 12.3. The number of carbonyl (C=O) groups excluding carboxylic acids is 1. The lowest BCUT2D eigenvalue weighted by Crippen LogP contribution is -2.39. The van der Waals surface area contributed by atoms with Gasteiger partial charge in [0.25, 0.3) is 0 Å². The van der Waals surface area contributed by atoms with Gasteiger partial charge in [-0.1, -0.05) is 31.0 Å². The van der Waals surface area contributed by atoms with Crippen molar-refractivity contribution >= 4 is 11.6 Å². The number of anilines is 1. The summed E-state index contributed by atoms with van der Waals surface area (Å²) in [6.45, 7) is 1.26. The number of aliphatic hydroxyl groups excluding tert-OH is 1. The second-order valence-electron chi connectivity index (χ2n) is 5.88. The Morgan fingerprint density at radius 2 is 2.10 bits per heavy atom. The highest BCUT2D eigenvalue weighted by Gasteiger charge is 2.29. The lowest BCUT2D eigenvalue weighted by atomic mass is 9.86. The monoisotopic (exact) mass is 274 g/mol. The lowest BCUT2D eigenvalue weighted by molar-refractivity contribution is -0.122. The van der Waals surface area contributed by atoms with Crippen molar-refractivity contribution in [1.29, 1.82) is 0 Å². The van der Waals surface area contributed by atoms with Crippen LogP contribution in [0.5, 0.6) is 0 Å². The van der Waals surface area contributed by atoms with E-state index < -0.39 is 0 Å². The second kappa shape index (κ2) is 5.83. The van der Waals surface area contributed by atoms with Crippen molar-refractivity contribution in [3.63, 3.8) is 0 Å². The molecule has 1 aliphatic carbocycles. The number of aliphatic hydroxyl groups is 1. The van der Waals surface area contributed by atoms with E-state index in [9.17, 15) is 9.90 Å². The number of hydrogen-bond donors (Lipinski definition) is 3. The highest BCUT2D eigenvalue weighted by molar-refractivity contribution is 5.88. The van der Waals surface area contributed by atoms with Gasteiger partial charge in [-0.15, -0.1) is 0 Å². The fourth-order valence-corrected chi connectivity index (χ4v) is 3.30. The van der Waals surface area contributed by atoms with Crippen molar-refractivity contribution < 1.29 is 9.90 Å². The third-order valence-corrected chi connectivity index (χ3v) is 4.56. The minimum absolute atomic E-state index is 0.0697. The lowest BCUT2D eigenvalue weighted by Gasteiger charge is -2.28. The highest BCUT2D eigenvalue weighted by Crippen LogP contribution is 2.31. The molecule has 0 saturated heterocycles. The predicted molar refractivity (Wildman–Crippen MR) is 78.6 cm³/mol. The molecule has 1 aliphatic heterocycles. The van der Waals surface area contributed by atoms with E-state index in [2.05, 4.69) is 10.6 Å². The summed E-state index contributed by atoms with van der Waals surface area (Å²) in [6, 6.07) is 7.96. The van der Waals surface area contributed by atoms with Gasteiger partial charge in [-0.05, 0) is 24.5 Å². The Hall–Kier alpha value is -1.55. The Bertz CT molecular complexity index is 489. The maximum Gasteiger partial charge on any atom is 0.229 e. The number of carbonyl (C=O) groups is 1. The molecule has 3 atom stereocenters. The topological polar surface area (TPSA) is 61.4 Å². The van der Waals surface area contributed by atoms with Gasteiger partial charge in [-0.25, -0.2) is 0 Å². The van der Waals surface area contributed by atoms with Crippen LogP contribution in [-0.2, 0) is 4.79 Å². The second-order valence-corrected chi connectivity index (χ2v) is 5.88. The van der Waals surface area contributed by atoms with E-state index in [0.717, 1.165) is 36.9 Å². The first-order chi connectivity index (χ1) is 9.75. The zero-order valence-electron chi connectivity index (χ0n) is 11.6. The van der Waals surface area contributed by atoms with E-state index in [-0.39, 0.29) is 23.8 Å². The average Bonchev–Trinajstić information content (AvgIpc) is 2.90. The first-order valence-corrected chi connectivity index (χ1v) is 7.54. The smallest absolute Gasteiger partial charge is 0.229 e. The van der Waals surface area contributed by atoms with Crippen LogP contribution >= 0.6 is 0 Å². The summed E-state index contributed by atoms with van der Waals surface area (Å²) >= 11 is 0. The van der Waals surface area contributed by atoms with Crippen molar-refractivity contribution in [2.24, 2.45) is 5.92 Å². The molecule has 3 rings (SSSR count). The van der Waals surface area contributed by atoms with Crippen LogP contribution in [0.4, 0.5) is 5.69 Å². The van der Waals surface area contributed by atoms with E-state index in [0.29, 0.717) is 13.1 Å². The van der Waals surface area contributed by atoms with Crippen molar-refractivity contribution in [3.05, 3.63) is 29.8 Å². The molecule has 1 heterocycles. The zero-order chi connectivity index (χ0) is 13.9. The number of hydrogen-bond acceptors (Lipinski definition) is 3. The molecule has 1 aromatic carbocycles. The molecule has 1 fully saturated rings. The van der Waals surface area contributed by atoms with Crippen LogP contribution in [0.2, 0.25) is 0 Å². The number of fused-ring (bicyclic) bond motifs is 1. The van der Waals surface area contributed by atoms with E-state index in [1.165, 1.54) is 0 Å². The zero-order valence-corrected chi connectivity index (χ0v) is 11.6. The predicted octanol–water partition coefficient (Wildman–Crippen LogP) is 1.86. The van der Waals surface area contributed by atoms with E-state index in [1.807, 2.05) is 24.3 Å². The first kappa shape index (κ1) is 13.4. The minimum Gasteiger partial charge on any atom is -0.393 e. The quantitative estimate of drug-likeness (QED) is 0.788. The van der Waals surface area contributed by atoms with Crippen LogP contribution in [-0.4, -0.2) is 30.2 Å². The Kier molecular flexibility index (Phi) is 3.92. The van der Waals surface area contributed by atoms with E-state index >= 15 is 0 Å². The fraction of sp³-hybridized carbons (Fsp3) is 0.562. The Balaban J connectivity index is 1.58. The van der Waals surface area contributed by atoms with Gasteiger partial charge in [0, 0.05) is 24.7 Å². The van der Waals surface area contributed by atoms with Crippen LogP contribution < -0.4 is 10.6 Å². The molecule has 0 bridgehead atoms. The number of para-hydroxylation sites is 1. The third kappa shape index (κ3) is 2.66. The number of rotatable bonds is 3. The van der Waals surface area contributed by atoms with Gasteiger partial charge in [0.1, 0.15) is 0 Å². The van der Waals surface area contributed by atoms with Crippen LogP contribution in [0.3, 0.4) is 0 Å². The SMILES string of the molecule is O=C(NCC1CCCCC1O)C1CNc2ccccc21. The van der Waals surface area contributed by atoms with Crippen LogP contribution in [0.15, 0.2) is 24.3 Å². The molecular formula is C16H22N2O2. The van der Waals surface area contributed by atoms with Crippen molar-refractivity contribution in [2.75, 3.05) is 18.4 Å². The molecular weight excluding hydrogens is 252 g/mol. The third-order valence-electron chi connectivity index (χ3n) is 4.56. The van der Waals surface area contributed by atoms with Crippen LogP contribution in [0.25, 0.3) is 0 Å². The van der Waals surface area contributed by atoms with Gasteiger partial charge in [0.2, 0.25) is 5.91 Å². The van der Waals surface area contributed by atoms with Gasteiger partial charge in [0.05, 0.1) is 12.0 Å². The minimum atomic E-state index is -0.252. The molecule has 0 spiro atoms. The summed E-state index contributed by atoms with van der Waals surface area (Å²) in [5.41, 5.74) is 2.14. The van der Waals surface area contributed by atoms with Crippen molar-refractivity contribution in [1.82, 2.24) is 5.32 Å². The number of amides is 1. The van der Waals surface area contributed by atoms with Gasteiger partial charge in [-0.2, -0.15) is 0 Å². The molecule has 4 nitrogen and oxygen atoms in total. The van der Waals surface area contributed by atoms with E-state index in [4.69, 9.17) is 0 Å². The molecule has 3 N–H and O–H groups in total. The standard InChI is InChI=1S/C16H22N2O2/c19-15-8-4-1-5-11(15)9-18-16(20)13-10-17-14-7-3-2-6-12(13)14/h2-3,6-7,11,13,15,17,19H,1,4-5,8-10H2,(H,18,20). The summed E-state index contributed by atoms with van der Waals surface area (Å²) in [4.78, 5) is 12.3.